The summed E-state index contributed by atoms with van der Waals surface area (Å²) in [4.78, 5) is 0. The van der Waals surface area contributed by atoms with E-state index in [4.69, 9.17) is 18.9 Å². The summed E-state index contributed by atoms with van der Waals surface area (Å²) in [6.45, 7) is 1.13. The molecule has 35 heavy (non-hydrogen) atoms. The highest BCUT2D eigenvalue weighted by atomic mass is 16.8. The molecule has 0 bridgehead atoms. The maximum atomic E-state index is 6.61. The topological polar surface area (TPSA) is 36.9 Å². The predicted octanol–water partition coefficient (Wildman–Crippen LogP) is 6.53. The fourth-order valence-corrected chi connectivity index (χ4v) is 5.91. The summed E-state index contributed by atoms with van der Waals surface area (Å²) in [7, 11) is 0. The summed E-state index contributed by atoms with van der Waals surface area (Å²) < 4.78 is 26.1. The molecule has 4 aromatic carbocycles. The van der Waals surface area contributed by atoms with Gasteiger partial charge in [-0.05, 0) is 51.9 Å². The number of hydrogen-bond donors (Lipinski definition) is 0. The van der Waals surface area contributed by atoms with Crippen molar-refractivity contribution in [2.45, 2.75) is 62.5 Å². The first-order valence-corrected chi connectivity index (χ1v) is 12.8. The van der Waals surface area contributed by atoms with Crippen molar-refractivity contribution in [1.82, 2.24) is 0 Å². The zero-order valence-corrected chi connectivity index (χ0v) is 19.8. The Morgan fingerprint density at radius 2 is 1.17 bits per heavy atom. The lowest BCUT2D eigenvalue weighted by Gasteiger charge is -2.62. The van der Waals surface area contributed by atoms with Gasteiger partial charge in [-0.2, -0.15) is 0 Å². The van der Waals surface area contributed by atoms with Crippen molar-refractivity contribution in [3.63, 3.8) is 0 Å². The molecule has 4 atom stereocenters. The molecule has 1 aliphatic heterocycles. The molecule has 4 aromatic rings. The Kier molecular flexibility index (Phi) is 5.18. The van der Waals surface area contributed by atoms with Gasteiger partial charge >= 0.3 is 0 Å². The van der Waals surface area contributed by atoms with E-state index >= 15 is 0 Å². The van der Waals surface area contributed by atoms with Gasteiger partial charge in [0.05, 0.1) is 13.2 Å². The first-order valence-electron chi connectivity index (χ1n) is 12.8. The van der Waals surface area contributed by atoms with Crippen LogP contribution in [0.4, 0.5) is 0 Å². The highest BCUT2D eigenvalue weighted by Gasteiger charge is 2.66. The Labute approximate surface area is 205 Å². The number of rotatable bonds is 7. The van der Waals surface area contributed by atoms with E-state index in [9.17, 15) is 0 Å². The number of fused-ring (bicyclic) bond motifs is 4. The summed E-state index contributed by atoms with van der Waals surface area (Å²) in [5.74, 6) is -1.27. The Bertz CT molecular complexity index is 1370. The molecule has 0 N–H and O–H groups in total. The summed E-state index contributed by atoms with van der Waals surface area (Å²) in [6, 6.07) is 29.8. The third kappa shape index (κ3) is 3.59. The van der Waals surface area contributed by atoms with Crippen LogP contribution in [0.2, 0.25) is 0 Å². The van der Waals surface area contributed by atoms with Gasteiger partial charge in [-0.1, -0.05) is 84.9 Å². The van der Waals surface area contributed by atoms with Gasteiger partial charge in [-0.25, -0.2) is 0 Å². The molecule has 2 aliphatic carbocycles. The fourth-order valence-electron chi connectivity index (χ4n) is 5.91. The van der Waals surface area contributed by atoms with Crippen LogP contribution >= 0.6 is 0 Å². The Hall–Kier alpha value is -2.76. The third-order valence-corrected chi connectivity index (χ3v) is 8.12. The van der Waals surface area contributed by atoms with E-state index in [-0.39, 0.29) is 12.2 Å². The van der Waals surface area contributed by atoms with Crippen molar-refractivity contribution in [2.24, 2.45) is 0 Å². The van der Waals surface area contributed by atoms with E-state index in [2.05, 4.69) is 84.9 Å². The van der Waals surface area contributed by atoms with Gasteiger partial charge in [0, 0.05) is 12.8 Å². The van der Waals surface area contributed by atoms with Crippen LogP contribution in [-0.4, -0.2) is 30.4 Å². The molecule has 1 heterocycles. The molecule has 7 rings (SSSR count). The van der Waals surface area contributed by atoms with Crippen LogP contribution < -0.4 is 0 Å². The van der Waals surface area contributed by atoms with Crippen molar-refractivity contribution >= 4 is 21.5 Å². The van der Waals surface area contributed by atoms with Crippen molar-refractivity contribution < 1.29 is 18.9 Å². The maximum absolute atomic E-state index is 6.61. The maximum Gasteiger partial charge on any atom is 0.195 e. The quantitative estimate of drug-likeness (QED) is 0.310. The largest absolute Gasteiger partial charge is 0.347 e. The molecule has 3 aliphatic rings. The van der Waals surface area contributed by atoms with Gasteiger partial charge < -0.3 is 18.9 Å². The second kappa shape index (κ2) is 8.42. The molecule has 0 aromatic heterocycles. The average Bonchev–Trinajstić information content (AvgIpc) is 2.89. The van der Waals surface area contributed by atoms with Gasteiger partial charge in [-0.3, -0.25) is 0 Å². The Balaban J connectivity index is 1.02. The van der Waals surface area contributed by atoms with Gasteiger partial charge in [0.15, 0.2) is 11.6 Å². The Morgan fingerprint density at radius 1 is 0.629 bits per heavy atom. The highest BCUT2D eigenvalue weighted by molar-refractivity contribution is 5.86. The lowest BCUT2D eigenvalue weighted by atomic mass is 9.78. The lowest BCUT2D eigenvalue weighted by molar-refractivity contribution is -0.492. The smallest absolute Gasteiger partial charge is 0.195 e. The lowest BCUT2D eigenvalue weighted by Crippen LogP contribution is -2.73. The average molecular weight is 467 g/mol. The number of ether oxygens (including phenoxy) is 4. The first kappa shape index (κ1) is 21.5. The monoisotopic (exact) mass is 466 g/mol. The molecule has 0 radical (unpaired) electrons. The Morgan fingerprint density at radius 3 is 1.80 bits per heavy atom. The molecule has 0 amide bonds. The van der Waals surface area contributed by atoms with Crippen LogP contribution in [0.3, 0.4) is 0 Å². The summed E-state index contributed by atoms with van der Waals surface area (Å²) in [6.07, 6.45) is 4.34. The van der Waals surface area contributed by atoms with E-state index in [1.54, 1.807) is 0 Å². The molecule has 178 valence electrons. The third-order valence-electron chi connectivity index (χ3n) is 8.12. The summed E-state index contributed by atoms with van der Waals surface area (Å²) in [5, 5.41) is 5.02. The van der Waals surface area contributed by atoms with Crippen molar-refractivity contribution in [3.8, 4) is 0 Å². The van der Waals surface area contributed by atoms with Gasteiger partial charge in [0.1, 0.15) is 12.2 Å². The minimum absolute atomic E-state index is 0.0703. The molecule has 0 unspecified atom stereocenters. The van der Waals surface area contributed by atoms with E-state index < -0.39 is 11.6 Å². The van der Waals surface area contributed by atoms with Crippen molar-refractivity contribution in [1.29, 1.82) is 0 Å². The minimum Gasteiger partial charge on any atom is -0.347 e. The molecule has 4 nitrogen and oxygen atoms in total. The molecule has 2 saturated carbocycles. The van der Waals surface area contributed by atoms with Gasteiger partial charge in [0.25, 0.3) is 0 Å². The van der Waals surface area contributed by atoms with E-state index in [1.165, 1.54) is 32.7 Å². The van der Waals surface area contributed by atoms with Crippen LogP contribution in [0, 0.1) is 0 Å². The van der Waals surface area contributed by atoms with E-state index in [0.29, 0.717) is 13.2 Å². The molecule has 3 fully saturated rings. The molecule has 4 heteroatoms. The van der Waals surface area contributed by atoms with Crippen LogP contribution in [0.1, 0.15) is 36.8 Å². The highest BCUT2D eigenvalue weighted by Crippen LogP contribution is 2.55. The van der Waals surface area contributed by atoms with Crippen LogP contribution in [0.25, 0.3) is 21.5 Å². The van der Waals surface area contributed by atoms with E-state index in [1.807, 2.05) is 0 Å². The summed E-state index contributed by atoms with van der Waals surface area (Å²) >= 11 is 0. The van der Waals surface area contributed by atoms with E-state index in [0.717, 1.165) is 32.1 Å². The second-order valence-corrected chi connectivity index (χ2v) is 10.1. The zero-order chi connectivity index (χ0) is 23.3. The van der Waals surface area contributed by atoms with Crippen LogP contribution in [0.15, 0.2) is 84.9 Å². The standard InChI is InChI=1S/C31H30O4/c1-3-13-26-22(7-1)9-5-11-24(26)17-20-32-30-18-15-28(30)35-31(19-16-29(31)34-30)33-21-25-12-6-10-23-8-2-4-14-27(23)25/h1-14,28-29H,15-21H2/t28-,29+,30+,31-/m1/s1. The predicted molar refractivity (Wildman–Crippen MR) is 136 cm³/mol. The van der Waals surface area contributed by atoms with Crippen LogP contribution in [0.5, 0.6) is 0 Å². The van der Waals surface area contributed by atoms with Crippen LogP contribution in [-0.2, 0) is 32.0 Å². The second-order valence-electron chi connectivity index (χ2n) is 10.1. The van der Waals surface area contributed by atoms with Crippen molar-refractivity contribution in [2.75, 3.05) is 6.61 Å². The van der Waals surface area contributed by atoms with Crippen molar-refractivity contribution in [3.05, 3.63) is 96.1 Å². The zero-order valence-electron chi connectivity index (χ0n) is 19.8. The normalized spacial score (nSPS) is 29.3. The fraction of sp³-hybridized carbons (Fsp3) is 0.355. The molecular formula is C31H30O4. The van der Waals surface area contributed by atoms with Gasteiger partial charge in [0.2, 0.25) is 0 Å². The molecular weight excluding hydrogens is 436 g/mol. The van der Waals surface area contributed by atoms with Gasteiger partial charge in [-0.15, -0.1) is 0 Å². The number of benzene rings is 4. The summed E-state index contributed by atoms with van der Waals surface area (Å²) in [5.41, 5.74) is 2.49. The molecule has 1 saturated heterocycles. The molecule has 0 spiro atoms. The number of hydrogen-bond acceptors (Lipinski definition) is 4. The first-order chi connectivity index (χ1) is 17.2. The minimum atomic E-state index is -0.648. The SMILES string of the molecule is c1ccc2c(CCO[C@]34CC[C@H]3O[C@]3(OCc5cccc6ccccc56)CC[C@@H]3O4)cccc2c1.